The zero-order valence-corrected chi connectivity index (χ0v) is 12.7. The summed E-state index contributed by atoms with van der Waals surface area (Å²) < 4.78 is 0. The van der Waals surface area contributed by atoms with Crippen molar-refractivity contribution in [3.63, 3.8) is 0 Å². The van der Waals surface area contributed by atoms with Crippen LogP contribution in [0.3, 0.4) is 0 Å². The number of hydrogen-bond donors (Lipinski definition) is 2. The van der Waals surface area contributed by atoms with Crippen molar-refractivity contribution in [2.24, 2.45) is 5.73 Å². The van der Waals surface area contributed by atoms with Gasteiger partial charge in [-0.2, -0.15) is 0 Å². The first kappa shape index (κ1) is 20.0. The van der Waals surface area contributed by atoms with E-state index in [9.17, 15) is 4.79 Å². The van der Waals surface area contributed by atoms with E-state index < -0.39 is 5.97 Å². The second-order valence-corrected chi connectivity index (χ2v) is 4.87. The molecule has 0 spiro atoms. The largest absolute Gasteiger partial charge is 0.478 e. The molecule has 0 atom stereocenters. The van der Waals surface area contributed by atoms with E-state index in [2.05, 4.69) is 44.7 Å². The normalized spacial score (nSPS) is 9.68. The summed E-state index contributed by atoms with van der Waals surface area (Å²) in [6.45, 7) is 9.82. The Labute approximate surface area is 121 Å². The maximum absolute atomic E-state index is 9.60. The zero-order chi connectivity index (χ0) is 14.2. The van der Waals surface area contributed by atoms with Crippen LogP contribution in [-0.2, 0) is 10.2 Å². The molecular weight excluding hydrogens is 262 g/mol. The van der Waals surface area contributed by atoms with E-state index in [1.807, 2.05) is 6.07 Å². The molecule has 0 saturated heterocycles. The summed E-state index contributed by atoms with van der Waals surface area (Å²) in [6.07, 6.45) is 1.04. The van der Waals surface area contributed by atoms with E-state index in [0.717, 1.165) is 13.0 Å². The Kier molecular flexibility index (Phi) is 10.1. The molecule has 0 radical (unpaired) electrons. The molecule has 0 aliphatic heterocycles. The summed E-state index contributed by atoms with van der Waals surface area (Å²) in [5, 5.41) is 7.89. The molecule has 0 aliphatic carbocycles. The number of benzene rings is 1. The van der Waals surface area contributed by atoms with Crippen molar-refractivity contribution in [3.05, 3.63) is 48.0 Å². The lowest BCUT2D eigenvalue weighted by molar-refractivity contribution is -0.132. The number of aliphatic carboxylic acids is 1. The fraction of sp³-hybridized carbons (Fsp3) is 0.400. The molecule has 4 heteroatoms. The van der Waals surface area contributed by atoms with Crippen LogP contribution in [-0.4, -0.2) is 17.6 Å². The van der Waals surface area contributed by atoms with Gasteiger partial charge in [-0.3, -0.25) is 0 Å². The minimum absolute atomic E-state index is 0. The van der Waals surface area contributed by atoms with Gasteiger partial charge in [-0.05, 0) is 30.9 Å². The van der Waals surface area contributed by atoms with Crippen LogP contribution in [0, 0.1) is 0 Å². The Hall–Kier alpha value is -1.32. The summed E-state index contributed by atoms with van der Waals surface area (Å²) in [7, 11) is 0. The van der Waals surface area contributed by atoms with Crippen LogP contribution in [0.2, 0.25) is 0 Å². The Morgan fingerprint density at radius 3 is 2.05 bits per heavy atom. The molecule has 0 saturated carbocycles. The number of halogens is 1. The highest BCUT2D eigenvalue weighted by Crippen LogP contribution is 2.25. The lowest BCUT2D eigenvalue weighted by atomic mass is 9.82. The van der Waals surface area contributed by atoms with E-state index in [-0.39, 0.29) is 23.4 Å². The summed E-state index contributed by atoms with van der Waals surface area (Å²) in [5.41, 5.74) is 7.32. The Bertz CT molecular complexity index is 376. The molecule has 0 amide bonds. The van der Waals surface area contributed by atoms with E-state index in [1.165, 1.54) is 12.5 Å². The van der Waals surface area contributed by atoms with E-state index in [0.29, 0.717) is 0 Å². The van der Waals surface area contributed by atoms with Gasteiger partial charge in [0.15, 0.2) is 0 Å². The standard InChI is InChI=1S/C11H17N.C4H6O2.ClH/c1-11(2,8-9-12)10-6-4-3-5-7-10;1-3(2)4(5)6;/h3-7H,8-9,12H2,1-2H3;1H2,2H3,(H,5,6);1H. The number of nitrogens with two attached hydrogens (primary N) is 1. The molecule has 1 rings (SSSR count). The van der Waals surface area contributed by atoms with Gasteiger partial charge in [0.05, 0.1) is 0 Å². The van der Waals surface area contributed by atoms with Crippen LogP contribution in [0.1, 0.15) is 32.8 Å². The Morgan fingerprint density at radius 2 is 1.74 bits per heavy atom. The molecule has 0 unspecified atom stereocenters. The van der Waals surface area contributed by atoms with Crippen molar-refractivity contribution in [3.8, 4) is 0 Å². The molecule has 19 heavy (non-hydrogen) atoms. The number of carbonyl (C=O) groups is 1. The topological polar surface area (TPSA) is 63.3 Å². The van der Waals surface area contributed by atoms with Crippen molar-refractivity contribution in [1.29, 1.82) is 0 Å². The average Bonchev–Trinajstić information content (AvgIpc) is 2.31. The first-order valence-electron chi connectivity index (χ1n) is 5.95. The highest BCUT2D eigenvalue weighted by molar-refractivity contribution is 5.85. The SMILES string of the molecule is C=C(C)C(=O)O.CC(C)(CCN)c1ccccc1.Cl. The molecule has 0 heterocycles. The molecule has 0 bridgehead atoms. The van der Waals surface area contributed by atoms with E-state index in [1.54, 1.807) is 0 Å². The van der Waals surface area contributed by atoms with Crippen LogP contribution in [0.15, 0.2) is 42.5 Å². The lowest BCUT2D eigenvalue weighted by Gasteiger charge is -2.24. The van der Waals surface area contributed by atoms with Gasteiger partial charge in [-0.1, -0.05) is 50.8 Å². The molecule has 0 aromatic heterocycles. The fourth-order valence-electron chi connectivity index (χ4n) is 1.39. The van der Waals surface area contributed by atoms with Gasteiger partial charge in [-0.15, -0.1) is 12.4 Å². The second kappa shape index (κ2) is 9.59. The van der Waals surface area contributed by atoms with E-state index >= 15 is 0 Å². The Balaban J connectivity index is 0. The predicted molar refractivity (Wildman–Crippen MR) is 82.8 cm³/mol. The quantitative estimate of drug-likeness (QED) is 0.834. The average molecular weight is 286 g/mol. The highest BCUT2D eigenvalue weighted by Gasteiger charge is 2.18. The van der Waals surface area contributed by atoms with Crippen molar-refractivity contribution in [1.82, 2.24) is 0 Å². The summed E-state index contributed by atoms with van der Waals surface area (Å²) in [5.74, 6) is -0.935. The van der Waals surface area contributed by atoms with Crippen molar-refractivity contribution < 1.29 is 9.90 Å². The van der Waals surface area contributed by atoms with Crippen LogP contribution >= 0.6 is 12.4 Å². The lowest BCUT2D eigenvalue weighted by Crippen LogP contribution is -2.21. The van der Waals surface area contributed by atoms with Crippen LogP contribution in [0.25, 0.3) is 0 Å². The van der Waals surface area contributed by atoms with Gasteiger partial charge in [0.2, 0.25) is 0 Å². The van der Waals surface area contributed by atoms with Crippen molar-refractivity contribution in [2.45, 2.75) is 32.6 Å². The third-order valence-corrected chi connectivity index (χ3v) is 2.69. The van der Waals surface area contributed by atoms with Crippen molar-refractivity contribution >= 4 is 18.4 Å². The van der Waals surface area contributed by atoms with Crippen LogP contribution in [0.4, 0.5) is 0 Å². The van der Waals surface area contributed by atoms with Crippen LogP contribution in [0.5, 0.6) is 0 Å². The fourth-order valence-corrected chi connectivity index (χ4v) is 1.39. The number of hydrogen-bond acceptors (Lipinski definition) is 2. The second-order valence-electron chi connectivity index (χ2n) is 4.87. The molecule has 1 aromatic carbocycles. The number of carboxylic acid groups (broad SMARTS) is 1. The molecular formula is C15H24ClNO2. The van der Waals surface area contributed by atoms with Crippen molar-refractivity contribution in [2.75, 3.05) is 6.54 Å². The van der Waals surface area contributed by atoms with Gasteiger partial charge in [0.1, 0.15) is 0 Å². The van der Waals surface area contributed by atoms with Crippen LogP contribution < -0.4 is 5.73 Å². The third-order valence-electron chi connectivity index (χ3n) is 2.69. The van der Waals surface area contributed by atoms with Gasteiger partial charge >= 0.3 is 5.97 Å². The maximum atomic E-state index is 9.60. The molecule has 3 nitrogen and oxygen atoms in total. The summed E-state index contributed by atoms with van der Waals surface area (Å²) in [6, 6.07) is 10.5. The van der Waals surface area contributed by atoms with E-state index in [4.69, 9.17) is 10.8 Å². The Morgan fingerprint density at radius 1 is 1.32 bits per heavy atom. The number of carboxylic acids is 1. The molecule has 0 aliphatic rings. The van der Waals surface area contributed by atoms with Gasteiger partial charge in [0, 0.05) is 5.57 Å². The highest BCUT2D eigenvalue weighted by atomic mass is 35.5. The molecule has 3 N–H and O–H groups in total. The molecule has 0 fully saturated rings. The zero-order valence-electron chi connectivity index (χ0n) is 11.8. The number of rotatable bonds is 4. The first-order chi connectivity index (χ1) is 8.31. The van der Waals surface area contributed by atoms with Gasteiger partial charge < -0.3 is 10.8 Å². The smallest absolute Gasteiger partial charge is 0.330 e. The predicted octanol–water partition coefficient (Wildman–Crippen LogP) is 3.38. The summed E-state index contributed by atoms with van der Waals surface area (Å²) in [4.78, 5) is 9.60. The summed E-state index contributed by atoms with van der Waals surface area (Å²) >= 11 is 0. The third kappa shape index (κ3) is 8.41. The first-order valence-corrected chi connectivity index (χ1v) is 5.95. The monoisotopic (exact) mass is 285 g/mol. The minimum Gasteiger partial charge on any atom is -0.478 e. The van der Waals surface area contributed by atoms with Gasteiger partial charge in [-0.25, -0.2) is 4.79 Å². The minimum atomic E-state index is -0.935. The molecule has 1 aromatic rings. The molecule has 108 valence electrons. The van der Waals surface area contributed by atoms with Gasteiger partial charge in [0.25, 0.3) is 0 Å². The maximum Gasteiger partial charge on any atom is 0.330 e.